The summed E-state index contributed by atoms with van der Waals surface area (Å²) in [6, 6.07) is 5.36. The molecule has 0 atom stereocenters. The number of nitrogens with zero attached hydrogens (tertiary/aromatic N) is 2. The second-order valence-corrected chi connectivity index (χ2v) is 4.46. The highest BCUT2D eigenvalue weighted by atomic mass is 79.9. The molecule has 6 heteroatoms. The first-order valence-corrected chi connectivity index (χ1v) is 5.98. The van der Waals surface area contributed by atoms with Crippen molar-refractivity contribution in [2.75, 3.05) is 6.54 Å². The van der Waals surface area contributed by atoms with E-state index in [0.717, 1.165) is 16.6 Å². The lowest BCUT2D eigenvalue weighted by molar-refractivity contribution is 0.409. The lowest BCUT2D eigenvalue weighted by atomic mass is 10.2. The smallest absolute Gasteiger partial charge is 0.213 e. The fourth-order valence-corrected chi connectivity index (χ4v) is 1.83. The van der Waals surface area contributed by atoms with Crippen LogP contribution in [-0.2, 0) is 13.0 Å². The summed E-state index contributed by atoms with van der Waals surface area (Å²) < 4.78 is 5.58. The van der Waals surface area contributed by atoms with Gasteiger partial charge in [0.05, 0.1) is 0 Å². The van der Waals surface area contributed by atoms with E-state index in [1.54, 1.807) is 12.1 Å². The molecule has 0 saturated heterocycles. The van der Waals surface area contributed by atoms with Crippen LogP contribution in [0.4, 0.5) is 0 Å². The van der Waals surface area contributed by atoms with Crippen LogP contribution >= 0.6 is 15.9 Å². The van der Waals surface area contributed by atoms with Crippen LogP contribution in [-0.4, -0.2) is 21.8 Å². The molecule has 0 saturated carbocycles. The molecule has 1 aromatic heterocycles. The molecule has 1 aromatic carbocycles. The number of nitrogens with one attached hydrogen (secondary N) is 1. The van der Waals surface area contributed by atoms with Gasteiger partial charge in [0.1, 0.15) is 5.75 Å². The molecule has 2 aromatic rings. The van der Waals surface area contributed by atoms with Crippen LogP contribution in [0, 0.1) is 0 Å². The number of hydrogen-bond acceptors (Lipinski definition) is 5. The van der Waals surface area contributed by atoms with Gasteiger partial charge in [-0.1, -0.05) is 21.1 Å². The molecule has 5 nitrogen and oxygen atoms in total. The van der Waals surface area contributed by atoms with Crippen LogP contribution in [0.2, 0.25) is 0 Å². The molecule has 0 aliphatic rings. The Bertz CT molecular complexity index is 474. The summed E-state index contributed by atoms with van der Waals surface area (Å²) in [5.41, 5.74) is 0.854. The third-order valence-corrected chi connectivity index (χ3v) is 2.78. The Morgan fingerprint density at radius 3 is 3.06 bits per heavy atom. The van der Waals surface area contributed by atoms with E-state index in [1.807, 2.05) is 6.07 Å². The Hall–Kier alpha value is -1.40. The van der Waals surface area contributed by atoms with Crippen molar-refractivity contribution in [2.45, 2.75) is 13.0 Å². The molecule has 1 heterocycles. The van der Waals surface area contributed by atoms with Crippen LogP contribution in [0.15, 0.2) is 33.6 Å². The zero-order valence-corrected chi connectivity index (χ0v) is 10.6. The summed E-state index contributed by atoms with van der Waals surface area (Å²) in [5, 5.41) is 16.5. The predicted octanol–water partition coefficient (Wildman–Crippen LogP) is 1.87. The summed E-state index contributed by atoms with van der Waals surface area (Å²) in [6.07, 6.45) is 2.01. The van der Waals surface area contributed by atoms with Crippen molar-refractivity contribution < 1.29 is 9.63 Å². The molecule has 17 heavy (non-hydrogen) atoms. The molecule has 0 bridgehead atoms. The fourth-order valence-electron chi connectivity index (χ4n) is 1.42. The first-order chi connectivity index (χ1) is 8.25. The Balaban J connectivity index is 1.80. The SMILES string of the molecule is Oc1ccc(Br)cc1CNCCc1ncon1. The van der Waals surface area contributed by atoms with Gasteiger partial charge >= 0.3 is 0 Å². The average molecular weight is 298 g/mol. The van der Waals surface area contributed by atoms with Crippen molar-refractivity contribution in [2.24, 2.45) is 0 Å². The summed E-state index contributed by atoms with van der Waals surface area (Å²) in [7, 11) is 0. The number of phenols is 1. The number of aromatic hydroxyl groups is 1. The van der Waals surface area contributed by atoms with Crippen LogP contribution in [0.25, 0.3) is 0 Å². The van der Waals surface area contributed by atoms with E-state index in [4.69, 9.17) is 0 Å². The lowest BCUT2D eigenvalue weighted by Crippen LogP contribution is -2.17. The zero-order valence-electron chi connectivity index (χ0n) is 9.06. The molecule has 2 rings (SSSR count). The zero-order chi connectivity index (χ0) is 12.1. The van der Waals surface area contributed by atoms with Crippen LogP contribution in [0.5, 0.6) is 5.75 Å². The van der Waals surface area contributed by atoms with Gasteiger partial charge in [-0.15, -0.1) is 0 Å². The molecular formula is C11H12BrN3O2. The van der Waals surface area contributed by atoms with Crippen molar-refractivity contribution in [3.8, 4) is 5.75 Å². The molecule has 2 N–H and O–H groups in total. The van der Waals surface area contributed by atoms with Gasteiger partial charge in [0, 0.05) is 29.5 Å². The topological polar surface area (TPSA) is 71.2 Å². The van der Waals surface area contributed by atoms with E-state index in [-0.39, 0.29) is 0 Å². The second-order valence-electron chi connectivity index (χ2n) is 3.55. The first-order valence-electron chi connectivity index (χ1n) is 5.19. The van der Waals surface area contributed by atoms with Crippen molar-refractivity contribution in [1.82, 2.24) is 15.5 Å². The minimum absolute atomic E-state index is 0.292. The normalized spacial score (nSPS) is 10.6. The standard InChI is InChI=1S/C11H12BrN3O2/c12-9-1-2-10(16)8(5-9)6-13-4-3-11-14-7-17-15-11/h1-2,5,7,13,16H,3-4,6H2. The molecule has 0 radical (unpaired) electrons. The number of aromatic nitrogens is 2. The monoisotopic (exact) mass is 297 g/mol. The summed E-state index contributed by atoms with van der Waals surface area (Å²) in [4.78, 5) is 3.92. The minimum Gasteiger partial charge on any atom is -0.508 e. The van der Waals surface area contributed by atoms with Crippen molar-refractivity contribution in [3.05, 3.63) is 40.5 Å². The molecule has 0 aliphatic heterocycles. The lowest BCUT2D eigenvalue weighted by Gasteiger charge is -2.06. The van der Waals surface area contributed by atoms with Gasteiger partial charge < -0.3 is 14.9 Å². The summed E-state index contributed by atoms with van der Waals surface area (Å²) in [5.74, 6) is 0.969. The van der Waals surface area contributed by atoms with Gasteiger partial charge in [0.25, 0.3) is 0 Å². The fraction of sp³-hybridized carbons (Fsp3) is 0.273. The molecule has 0 unspecified atom stereocenters. The number of hydrogen-bond donors (Lipinski definition) is 2. The Kier molecular flexibility index (Phi) is 4.11. The van der Waals surface area contributed by atoms with E-state index in [2.05, 4.69) is 35.9 Å². The van der Waals surface area contributed by atoms with Gasteiger partial charge in [0.15, 0.2) is 5.82 Å². The molecule has 90 valence electrons. The van der Waals surface area contributed by atoms with Crippen molar-refractivity contribution in [1.29, 1.82) is 0 Å². The number of benzene rings is 1. The van der Waals surface area contributed by atoms with Gasteiger partial charge in [-0.2, -0.15) is 4.98 Å². The minimum atomic E-state index is 0.292. The van der Waals surface area contributed by atoms with E-state index >= 15 is 0 Å². The van der Waals surface area contributed by atoms with Crippen LogP contribution < -0.4 is 5.32 Å². The van der Waals surface area contributed by atoms with Crippen molar-refractivity contribution in [3.63, 3.8) is 0 Å². The van der Waals surface area contributed by atoms with E-state index in [1.165, 1.54) is 6.39 Å². The Morgan fingerprint density at radius 1 is 1.41 bits per heavy atom. The molecule has 0 fully saturated rings. The highest BCUT2D eigenvalue weighted by molar-refractivity contribution is 9.10. The molecular weight excluding hydrogens is 286 g/mol. The highest BCUT2D eigenvalue weighted by Crippen LogP contribution is 2.21. The van der Waals surface area contributed by atoms with Crippen LogP contribution in [0.3, 0.4) is 0 Å². The first kappa shape index (κ1) is 12.1. The summed E-state index contributed by atoms with van der Waals surface area (Å²) >= 11 is 3.37. The quantitative estimate of drug-likeness (QED) is 0.825. The molecule has 0 amide bonds. The number of phenolic OH excluding ortho intramolecular Hbond substituents is 1. The third kappa shape index (κ3) is 3.54. The highest BCUT2D eigenvalue weighted by Gasteiger charge is 2.02. The third-order valence-electron chi connectivity index (χ3n) is 2.29. The van der Waals surface area contributed by atoms with Gasteiger partial charge in [-0.25, -0.2) is 0 Å². The van der Waals surface area contributed by atoms with Crippen molar-refractivity contribution >= 4 is 15.9 Å². The van der Waals surface area contributed by atoms with E-state index in [9.17, 15) is 5.11 Å². The largest absolute Gasteiger partial charge is 0.508 e. The van der Waals surface area contributed by atoms with Gasteiger partial charge in [-0.05, 0) is 18.2 Å². The molecule has 0 aliphatic carbocycles. The number of halogens is 1. The van der Waals surface area contributed by atoms with Gasteiger partial charge in [0.2, 0.25) is 6.39 Å². The predicted molar refractivity (Wildman–Crippen MR) is 65.5 cm³/mol. The maximum Gasteiger partial charge on any atom is 0.213 e. The van der Waals surface area contributed by atoms with Crippen LogP contribution in [0.1, 0.15) is 11.4 Å². The molecule has 0 spiro atoms. The van der Waals surface area contributed by atoms with E-state index < -0.39 is 0 Å². The second kappa shape index (κ2) is 5.79. The Morgan fingerprint density at radius 2 is 2.29 bits per heavy atom. The van der Waals surface area contributed by atoms with E-state index in [0.29, 0.717) is 24.5 Å². The summed E-state index contributed by atoms with van der Waals surface area (Å²) in [6.45, 7) is 1.33. The maximum absolute atomic E-state index is 9.62. The van der Waals surface area contributed by atoms with Gasteiger partial charge in [-0.3, -0.25) is 0 Å². The Labute approximate surface area is 107 Å². The maximum atomic E-state index is 9.62. The number of rotatable bonds is 5. The average Bonchev–Trinajstić information content (AvgIpc) is 2.82.